The van der Waals surface area contributed by atoms with Gasteiger partial charge in [0.05, 0.1) is 6.07 Å². The van der Waals surface area contributed by atoms with E-state index in [2.05, 4.69) is 15.7 Å². The summed E-state index contributed by atoms with van der Waals surface area (Å²) in [6, 6.07) is 7.17. The van der Waals surface area contributed by atoms with E-state index in [0.29, 0.717) is 13.1 Å². The average molecular weight is 299 g/mol. The van der Waals surface area contributed by atoms with Gasteiger partial charge in [-0.1, -0.05) is 18.2 Å². The molecule has 1 aliphatic heterocycles. The van der Waals surface area contributed by atoms with Crippen LogP contribution in [0.3, 0.4) is 0 Å². The predicted molar refractivity (Wildman–Crippen MR) is 70.5 cm³/mol. The van der Waals surface area contributed by atoms with Crippen LogP contribution < -0.4 is 4.74 Å². The number of alkyl halides is 3. The minimum atomic E-state index is -4.77. The largest absolute Gasteiger partial charge is 0.573 e. The first kappa shape index (κ1) is 15.6. The summed E-state index contributed by atoms with van der Waals surface area (Å²) < 4.78 is 41.4. The molecule has 1 aliphatic rings. The number of halogens is 3. The molecule has 114 valence electrons. The van der Waals surface area contributed by atoms with Crippen LogP contribution in [0.15, 0.2) is 24.3 Å². The quantitative estimate of drug-likeness (QED) is 0.859. The highest BCUT2D eigenvalue weighted by Gasteiger charge is 2.34. The summed E-state index contributed by atoms with van der Waals surface area (Å²) in [7, 11) is 1.97. The summed E-state index contributed by atoms with van der Waals surface area (Å²) in [4.78, 5) is 3.99. The van der Waals surface area contributed by atoms with E-state index in [4.69, 9.17) is 0 Å². The Morgan fingerprint density at radius 3 is 2.38 bits per heavy atom. The van der Waals surface area contributed by atoms with Gasteiger partial charge in [0.15, 0.2) is 0 Å². The third-order valence-electron chi connectivity index (χ3n) is 3.46. The van der Waals surface area contributed by atoms with Crippen molar-refractivity contribution < 1.29 is 17.9 Å². The Morgan fingerprint density at radius 2 is 1.81 bits per heavy atom. The lowest BCUT2D eigenvalue weighted by molar-refractivity contribution is -0.275. The molecule has 21 heavy (non-hydrogen) atoms. The molecule has 4 nitrogen and oxygen atoms in total. The van der Waals surface area contributed by atoms with Crippen LogP contribution >= 0.6 is 0 Å². The van der Waals surface area contributed by atoms with E-state index in [9.17, 15) is 18.4 Å². The number of nitriles is 1. The first-order valence-electron chi connectivity index (χ1n) is 6.57. The zero-order valence-electron chi connectivity index (χ0n) is 11.6. The maximum atomic E-state index is 12.5. The maximum Gasteiger partial charge on any atom is 0.573 e. The second kappa shape index (κ2) is 6.33. The van der Waals surface area contributed by atoms with Crippen molar-refractivity contribution in [1.29, 1.82) is 5.26 Å². The molecular formula is C14H16F3N3O. The van der Waals surface area contributed by atoms with Crippen LogP contribution in [0.25, 0.3) is 0 Å². The average Bonchev–Trinajstić information content (AvgIpc) is 2.42. The number of ether oxygens (including phenoxy) is 1. The molecule has 1 atom stereocenters. The molecular weight excluding hydrogens is 283 g/mol. The fraction of sp³-hybridized carbons (Fsp3) is 0.500. The standard InChI is InChI=1S/C14H16F3N3O/c1-19-6-8-20(9-7-19)12(10-18)11-4-2-3-5-13(11)21-14(15,16)17/h2-5,12H,6-9H2,1H3. The Labute approximate surface area is 121 Å². The summed E-state index contributed by atoms with van der Waals surface area (Å²) in [5.41, 5.74) is 0.252. The molecule has 0 aromatic heterocycles. The van der Waals surface area contributed by atoms with Crippen molar-refractivity contribution in [2.45, 2.75) is 12.4 Å². The number of likely N-dealkylation sites (N-methyl/N-ethyl adjacent to an activating group) is 1. The van der Waals surface area contributed by atoms with Crippen molar-refractivity contribution >= 4 is 0 Å². The minimum Gasteiger partial charge on any atom is -0.405 e. The lowest BCUT2D eigenvalue weighted by Crippen LogP contribution is -2.45. The van der Waals surface area contributed by atoms with Crippen LogP contribution in [-0.4, -0.2) is 49.4 Å². The number of piperazine rings is 1. The van der Waals surface area contributed by atoms with E-state index in [1.807, 2.05) is 11.9 Å². The maximum absolute atomic E-state index is 12.5. The molecule has 1 aromatic carbocycles. The fourth-order valence-corrected chi connectivity index (χ4v) is 2.35. The van der Waals surface area contributed by atoms with Gasteiger partial charge < -0.3 is 9.64 Å². The lowest BCUT2D eigenvalue weighted by atomic mass is 10.0. The Balaban J connectivity index is 2.24. The zero-order chi connectivity index (χ0) is 15.5. The number of nitrogens with zero attached hydrogens (tertiary/aromatic N) is 3. The third-order valence-corrected chi connectivity index (χ3v) is 3.46. The van der Waals surface area contributed by atoms with Crippen molar-refractivity contribution in [1.82, 2.24) is 9.80 Å². The summed E-state index contributed by atoms with van der Waals surface area (Å²) >= 11 is 0. The molecule has 1 saturated heterocycles. The molecule has 0 saturated carbocycles. The van der Waals surface area contributed by atoms with Crippen LogP contribution in [-0.2, 0) is 0 Å². The van der Waals surface area contributed by atoms with Gasteiger partial charge in [0, 0.05) is 31.7 Å². The van der Waals surface area contributed by atoms with Crippen molar-refractivity contribution in [3.63, 3.8) is 0 Å². The highest BCUT2D eigenvalue weighted by atomic mass is 19.4. The summed E-state index contributed by atoms with van der Waals surface area (Å²) in [5.74, 6) is -0.310. The van der Waals surface area contributed by atoms with E-state index < -0.39 is 12.4 Å². The van der Waals surface area contributed by atoms with Gasteiger partial charge in [-0.15, -0.1) is 13.2 Å². The number of hydrogen-bond acceptors (Lipinski definition) is 4. The van der Waals surface area contributed by atoms with E-state index in [0.717, 1.165) is 13.1 Å². The Morgan fingerprint density at radius 1 is 1.19 bits per heavy atom. The molecule has 0 radical (unpaired) electrons. The third kappa shape index (κ3) is 4.09. The second-order valence-corrected chi connectivity index (χ2v) is 4.96. The van der Waals surface area contributed by atoms with E-state index in [1.54, 1.807) is 6.07 Å². The first-order valence-corrected chi connectivity index (χ1v) is 6.57. The summed E-state index contributed by atoms with van der Waals surface area (Å²) in [5, 5.41) is 9.38. The molecule has 1 aromatic rings. The van der Waals surface area contributed by atoms with Gasteiger partial charge >= 0.3 is 6.36 Å². The van der Waals surface area contributed by atoms with Gasteiger partial charge in [-0.3, -0.25) is 4.90 Å². The van der Waals surface area contributed by atoms with Gasteiger partial charge in [-0.2, -0.15) is 5.26 Å². The predicted octanol–water partition coefficient (Wildman–Crippen LogP) is 2.40. The van der Waals surface area contributed by atoms with Crippen LogP contribution in [0.4, 0.5) is 13.2 Å². The zero-order valence-corrected chi connectivity index (χ0v) is 11.6. The van der Waals surface area contributed by atoms with Crippen LogP contribution in [0.5, 0.6) is 5.75 Å². The minimum absolute atomic E-state index is 0.252. The highest BCUT2D eigenvalue weighted by molar-refractivity contribution is 5.39. The van der Waals surface area contributed by atoms with Gasteiger partial charge in [-0.05, 0) is 13.1 Å². The highest BCUT2D eigenvalue weighted by Crippen LogP contribution is 2.33. The Hall–Kier alpha value is -1.78. The van der Waals surface area contributed by atoms with Gasteiger partial charge in [0.25, 0.3) is 0 Å². The topological polar surface area (TPSA) is 39.5 Å². The van der Waals surface area contributed by atoms with Crippen molar-refractivity contribution in [2.75, 3.05) is 33.2 Å². The van der Waals surface area contributed by atoms with E-state index >= 15 is 0 Å². The van der Waals surface area contributed by atoms with Crippen LogP contribution in [0.2, 0.25) is 0 Å². The fourth-order valence-electron chi connectivity index (χ4n) is 2.35. The van der Waals surface area contributed by atoms with Gasteiger partial charge in [0.1, 0.15) is 11.8 Å². The molecule has 0 bridgehead atoms. The van der Waals surface area contributed by atoms with Crippen molar-refractivity contribution in [3.05, 3.63) is 29.8 Å². The van der Waals surface area contributed by atoms with Crippen LogP contribution in [0.1, 0.15) is 11.6 Å². The molecule has 1 fully saturated rings. The number of rotatable bonds is 3. The molecule has 1 unspecified atom stereocenters. The molecule has 0 N–H and O–H groups in total. The van der Waals surface area contributed by atoms with Crippen LogP contribution in [0, 0.1) is 11.3 Å². The molecule has 0 aliphatic carbocycles. The van der Waals surface area contributed by atoms with E-state index in [-0.39, 0.29) is 11.3 Å². The van der Waals surface area contributed by atoms with Crippen molar-refractivity contribution in [3.8, 4) is 11.8 Å². The molecule has 2 rings (SSSR count). The SMILES string of the molecule is CN1CCN(C(C#N)c2ccccc2OC(F)(F)F)CC1. The number of para-hydroxylation sites is 1. The number of hydrogen-bond donors (Lipinski definition) is 0. The van der Waals surface area contributed by atoms with Gasteiger partial charge in [-0.25, -0.2) is 0 Å². The monoisotopic (exact) mass is 299 g/mol. The lowest BCUT2D eigenvalue weighted by Gasteiger charge is -2.35. The summed E-state index contributed by atoms with van der Waals surface area (Å²) in [6.45, 7) is 2.82. The van der Waals surface area contributed by atoms with Crippen molar-refractivity contribution in [2.24, 2.45) is 0 Å². The second-order valence-electron chi connectivity index (χ2n) is 4.96. The van der Waals surface area contributed by atoms with E-state index in [1.165, 1.54) is 18.2 Å². The van der Waals surface area contributed by atoms with Gasteiger partial charge in [0.2, 0.25) is 0 Å². The normalized spacial score (nSPS) is 19.0. The Kier molecular flexibility index (Phi) is 4.70. The molecule has 0 spiro atoms. The number of benzene rings is 1. The summed E-state index contributed by atoms with van der Waals surface area (Å²) in [6.07, 6.45) is -4.77. The molecule has 7 heteroatoms. The molecule has 0 amide bonds. The smallest absolute Gasteiger partial charge is 0.405 e. The molecule has 1 heterocycles. The first-order chi connectivity index (χ1) is 9.90. The Bertz CT molecular complexity index is 519.